The monoisotopic (exact) mass is 417 g/mol. The zero-order chi connectivity index (χ0) is 21.7. The van der Waals surface area contributed by atoms with Gasteiger partial charge in [-0.3, -0.25) is 14.7 Å². The minimum absolute atomic E-state index is 0.223. The van der Waals surface area contributed by atoms with E-state index in [-0.39, 0.29) is 12.5 Å². The van der Waals surface area contributed by atoms with Gasteiger partial charge in [-0.05, 0) is 29.3 Å². The zero-order valence-electron chi connectivity index (χ0n) is 16.4. The van der Waals surface area contributed by atoms with Crippen molar-refractivity contribution in [2.24, 2.45) is 0 Å². The van der Waals surface area contributed by atoms with Gasteiger partial charge in [-0.2, -0.15) is 13.2 Å². The molecule has 0 saturated carbocycles. The number of halogens is 3. The Kier molecular flexibility index (Phi) is 6.51. The van der Waals surface area contributed by atoms with Crippen molar-refractivity contribution in [3.8, 4) is 0 Å². The van der Waals surface area contributed by atoms with Crippen LogP contribution < -0.4 is 10.6 Å². The standard InChI is InChI=1S/C21H22F3N5O/c1-26-8-15(7-25)9-28-20(30)16-6-17-12-29(13-19(17)27-10-16)11-14-2-4-18(5-3-14)21(22,23)24/h2-8,10,25-26H,9,11-13H2,1H3,(H,28,30)/b15-8+,25-7?. The lowest BCUT2D eigenvalue weighted by atomic mass is 10.1. The van der Waals surface area contributed by atoms with Crippen LogP contribution in [0.2, 0.25) is 0 Å². The fourth-order valence-electron chi connectivity index (χ4n) is 3.23. The van der Waals surface area contributed by atoms with Crippen molar-refractivity contribution in [1.82, 2.24) is 20.5 Å². The predicted octanol–water partition coefficient (Wildman–Crippen LogP) is 3.10. The van der Waals surface area contributed by atoms with Gasteiger partial charge >= 0.3 is 6.18 Å². The predicted molar refractivity (Wildman–Crippen MR) is 107 cm³/mol. The van der Waals surface area contributed by atoms with Gasteiger partial charge in [0.2, 0.25) is 0 Å². The fourth-order valence-corrected chi connectivity index (χ4v) is 3.23. The lowest BCUT2D eigenvalue weighted by Crippen LogP contribution is -2.26. The highest BCUT2D eigenvalue weighted by Gasteiger charge is 2.30. The molecule has 1 amide bonds. The molecule has 0 saturated heterocycles. The van der Waals surface area contributed by atoms with Crippen LogP contribution in [-0.2, 0) is 25.8 Å². The van der Waals surface area contributed by atoms with Gasteiger partial charge in [-0.15, -0.1) is 0 Å². The van der Waals surface area contributed by atoms with Crippen LogP contribution in [-0.4, -0.2) is 35.6 Å². The summed E-state index contributed by atoms with van der Waals surface area (Å²) >= 11 is 0. The number of fused-ring (bicyclic) bond motifs is 1. The Morgan fingerprint density at radius 3 is 2.63 bits per heavy atom. The third-order valence-electron chi connectivity index (χ3n) is 4.75. The maximum atomic E-state index is 12.7. The Morgan fingerprint density at radius 1 is 1.27 bits per heavy atom. The van der Waals surface area contributed by atoms with Crippen LogP contribution in [0.4, 0.5) is 13.2 Å². The van der Waals surface area contributed by atoms with Crippen LogP contribution in [0.5, 0.6) is 0 Å². The molecule has 3 N–H and O–H groups in total. The van der Waals surface area contributed by atoms with Crippen LogP contribution in [0, 0.1) is 5.41 Å². The number of benzene rings is 1. The van der Waals surface area contributed by atoms with Gasteiger partial charge in [0.25, 0.3) is 5.91 Å². The van der Waals surface area contributed by atoms with Crippen molar-refractivity contribution in [2.75, 3.05) is 13.6 Å². The van der Waals surface area contributed by atoms with E-state index in [9.17, 15) is 18.0 Å². The van der Waals surface area contributed by atoms with Gasteiger partial charge in [0.15, 0.2) is 0 Å². The van der Waals surface area contributed by atoms with E-state index in [2.05, 4.69) is 20.5 Å². The van der Waals surface area contributed by atoms with Crippen molar-refractivity contribution < 1.29 is 18.0 Å². The number of hydrogen-bond donors (Lipinski definition) is 3. The molecule has 0 fully saturated rings. The average molecular weight is 417 g/mol. The van der Waals surface area contributed by atoms with E-state index in [0.717, 1.165) is 35.2 Å². The van der Waals surface area contributed by atoms with E-state index in [1.54, 1.807) is 19.3 Å². The minimum Gasteiger partial charge on any atom is -0.394 e. The van der Waals surface area contributed by atoms with Gasteiger partial charge in [-0.1, -0.05) is 12.1 Å². The number of carbonyl (C=O) groups excluding carboxylic acids is 1. The molecule has 2 heterocycles. The molecule has 1 aliphatic heterocycles. The molecule has 0 unspecified atom stereocenters. The lowest BCUT2D eigenvalue weighted by Gasteiger charge is -2.15. The maximum absolute atomic E-state index is 12.7. The molecular formula is C21H22F3N5O. The first-order valence-electron chi connectivity index (χ1n) is 9.31. The molecule has 1 aliphatic rings. The SMILES string of the molecule is CN/C=C(\C=N)CNC(=O)c1cnc2c(c1)CN(Cc1ccc(C(F)(F)F)cc1)C2. The molecule has 1 aromatic heterocycles. The van der Waals surface area contributed by atoms with Gasteiger partial charge in [0.1, 0.15) is 0 Å². The summed E-state index contributed by atoms with van der Waals surface area (Å²) in [5.74, 6) is -0.282. The Hall–Kier alpha value is -3.20. The van der Waals surface area contributed by atoms with Crippen molar-refractivity contribution in [2.45, 2.75) is 25.8 Å². The summed E-state index contributed by atoms with van der Waals surface area (Å²) in [6.07, 6.45) is -0.0303. The van der Waals surface area contributed by atoms with Crippen molar-refractivity contribution in [1.29, 1.82) is 5.41 Å². The zero-order valence-corrected chi connectivity index (χ0v) is 16.4. The first-order chi connectivity index (χ1) is 14.3. The molecule has 9 heteroatoms. The summed E-state index contributed by atoms with van der Waals surface area (Å²) < 4.78 is 38.1. The first kappa shape index (κ1) is 21.5. The highest BCUT2D eigenvalue weighted by molar-refractivity contribution is 5.94. The number of hydrogen-bond acceptors (Lipinski definition) is 5. The molecule has 3 rings (SSSR count). The van der Waals surface area contributed by atoms with Gasteiger partial charge < -0.3 is 16.0 Å². The van der Waals surface area contributed by atoms with Gasteiger partial charge in [-0.25, -0.2) is 0 Å². The molecule has 158 valence electrons. The molecule has 0 atom stereocenters. The molecule has 30 heavy (non-hydrogen) atoms. The van der Waals surface area contributed by atoms with E-state index in [0.29, 0.717) is 30.8 Å². The molecule has 1 aromatic carbocycles. The second kappa shape index (κ2) is 9.08. The van der Waals surface area contributed by atoms with E-state index in [1.807, 2.05) is 0 Å². The van der Waals surface area contributed by atoms with Gasteiger partial charge in [0.05, 0.1) is 16.8 Å². The van der Waals surface area contributed by atoms with E-state index >= 15 is 0 Å². The van der Waals surface area contributed by atoms with Crippen LogP contribution in [0.25, 0.3) is 0 Å². The van der Waals surface area contributed by atoms with Crippen molar-refractivity contribution in [3.63, 3.8) is 0 Å². The topological polar surface area (TPSA) is 81.1 Å². The number of rotatable bonds is 7. The molecule has 6 nitrogen and oxygen atoms in total. The third kappa shape index (κ3) is 5.24. The second-order valence-corrected chi connectivity index (χ2v) is 7.00. The quantitative estimate of drug-likeness (QED) is 0.605. The van der Waals surface area contributed by atoms with E-state index in [4.69, 9.17) is 5.41 Å². The minimum atomic E-state index is -4.34. The number of carbonyl (C=O) groups is 1. The largest absolute Gasteiger partial charge is 0.416 e. The third-order valence-corrected chi connectivity index (χ3v) is 4.75. The number of pyridine rings is 1. The van der Waals surface area contributed by atoms with Crippen molar-refractivity contribution >= 4 is 12.1 Å². The fraction of sp³-hybridized carbons (Fsp3) is 0.286. The Balaban J connectivity index is 1.61. The first-order valence-corrected chi connectivity index (χ1v) is 9.31. The summed E-state index contributed by atoms with van der Waals surface area (Å²) in [5, 5.41) is 12.9. The number of alkyl halides is 3. The smallest absolute Gasteiger partial charge is 0.394 e. The summed E-state index contributed by atoms with van der Waals surface area (Å²) in [5.41, 5.74) is 2.95. The van der Waals surface area contributed by atoms with Crippen LogP contribution in [0.3, 0.4) is 0 Å². The molecule has 0 spiro atoms. The summed E-state index contributed by atoms with van der Waals surface area (Å²) in [6.45, 7) is 1.85. The summed E-state index contributed by atoms with van der Waals surface area (Å²) in [6, 6.07) is 6.93. The normalized spacial score (nSPS) is 14.3. The Labute approximate surface area is 172 Å². The average Bonchev–Trinajstić information content (AvgIpc) is 3.12. The summed E-state index contributed by atoms with van der Waals surface area (Å²) in [4.78, 5) is 18.8. The molecular weight excluding hydrogens is 395 g/mol. The number of nitrogens with zero attached hydrogens (tertiary/aromatic N) is 2. The molecule has 2 aromatic rings. The highest BCUT2D eigenvalue weighted by atomic mass is 19.4. The molecule has 0 bridgehead atoms. The second-order valence-electron chi connectivity index (χ2n) is 7.00. The highest BCUT2D eigenvalue weighted by Crippen LogP contribution is 2.30. The summed E-state index contributed by atoms with van der Waals surface area (Å²) in [7, 11) is 1.71. The Morgan fingerprint density at radius 2 is 2.00 bits per heavy atom. The lowest BCUT2D eigenvalue weighted by molar-refractivity contribution is -0.137. The van der Waals surface area contributed by atoms with E-state index in [1.165, 1.54) is 18.3 Å². The maximum Gasteiger partial charge on any atom is 0.416 e. The number of aromatic nitrogens is 1. The van der Waals surface area contributed by atoms with Crippen LogP contribution >= 0.6 is 0 Å². The van der Waals surface area contributed by atoms with Crippen LogP contribution in [0.1, 0.15) is 32.7 Å². The van der Waals surface area contributed by atoms with Gasteiger partial charge in [0, 0.05) is 57.4 Å². The van der Waals surface area contributed by atoms with Crippen molar-refractivity contribution in [3.05, 3.63) is 76.2 Å². The molecule has 0 aliphatic carbocycles. The molecule has 0 radical (unpaired) electrons. The van der Waals surface area contributed by atoms with E-state index < -0.39 is 11.7 Å². The number of amides is 1. The van der Waals surface area contributed by atoms with Crippen LogP contribution in [0.15, 0.2) is 48.3 Å². The Bertz CT molecular complexity index is 954. The number of nitrogens with one attached hydrogen (secondary N) is 3.